The molecule has 0 fully saturated rings. The first kappa shape index (κ1) is 4.80. The van der Waals surface area contributed by atoms with Crippen molar-refractivity contribution < 1.29 is 4.79 Å². The molecule has 0 aliphatic rings. The molecule has 0 bridgehead atoms. The fourth-order valence-electron chi connectivity index (χ4n) is 0. The maximum Gasteiger partial charge on any atom is 0.115 e. The van der Waals surface area contributed by atoms with Crippen LogP contribution in [0.3, 0.4) is 0 Å². The van der Waals surface area contributed by atoms with Crippen LogP contribution in [-0.4, -0.2) is 13.9 Å². The van der Waals surface area contributed by atoms with Gasteiger partial charge in [0.05, 0.1) is 5.54 Å². The smallest absolute Gasteiger partial charge is 0.115 e. The fraction of sp³-hybridized carbons (Fsp3) is 0.667. The van der Waals surface area contributed by atoms with Crippen molar-refractivity contribution in [1.82, 2.24) is 0 Å². The second-order valence-corrected chi connectivity index (χ2v) is 3.31. The predicted molar refractivity (Wildman–Crippen MR) is 23.2 cm³/mol. The lowest BCUT2D eigenvalue weighted by molar-refractivity contribution is 0.571. The van der Waals surface area contributed by atoms with E-state index in [4.69, 9.17) is 0 Å². The van der Waals surface area contributed by atoms with Crippen LogP contribution in [0.1, 0.15) is 0 Å². The molecule has 0 unspecified atom stereocenters. The van der Waals surface area contributed by atoms with Crippen molar-refractivity contribution in [2.45, 2.75) is 13.1 Å². The largest absolute Gasteiger partial charge is 0.243 e. The van der Waals surface area contributed by atoms with E-state index in [0.29, 0.717) is 0 Å². The van der Waals surface area contributed by atoms with Gasteiger partial charge in [-0.1, -0.05) is 0 Å². The zero-order valence-corrected chi connectivity index (χ0v) is 4.41. The van der Waals surface area contributed by atoms with E-state index in [9.17, 15) is 4.79 Å². The van der Waals surface area contributed by atoms with E-state index in [1.807, 2.05) is 18.6 Å². The van der Waals surface area contributed by atoms with Crippen LogP contribution in [0.5, 0.6) is 0 Å². The average molecular weight is 86.2 g/mol. The van der Waals surface area contributed by atoms with Gasteiger partial charge < -0.3 is 0 Å². The summed E-state index contributed by atoms with van der Waals surface area (Å²) in [7, 11) is -0.680. The van der Waals surface area contributed by atoms with Crippen LogP contribution in [0, 0.1) is 0 Å². The van der Waals surface area contributed by atoms with Crippen LogP contribution in [0.25, 0.3) is 0 Å². The van der Waals surface area contributed by atoms with Gasteiger partial charge in [0.15, 0.2) is 0 Å². The molecule has 0 heterocycles. The number of hydrogen-bond donors (Lipinski definition) is 0. The highest BCUT2D eigenvalue weighted by Gasteiger charge is 1.66. The lowest BCUT2D eigenvalue weighted by atomic mass is 11.8. The minimum Gasteiger partial charge on any atom is -0.243 e. The molecular weight excluding hydrogens is 80.1 g/mol. The monoisotopic (exact) mass is 86.0 g/mol. The van der Waals surface area contributed by atoms with E-state index in [0.717, 1.165) is 0 Å². The molecule has 5 heavy (non-hydrogen) atoms. The molecule has 0 spiro atoms. The molecule has 0 saturated carbocycles. The van der Waals surface area contributed by atoms with Gasteiger partial charge in [-0.05, 0) is 13.1 Å². The predicted octanol–water partition coefficient (Wildman–Crippen LogP) is 0.390. The normalized spacial score (nSPS) is 6.00. The Labute approximate surface area is 32.8 Å². The molecule has 0 aliphatic carbocycles. The standard InChI is InChI=1S/C3H6OSi/c1-5(2)3-4/h1-2H3. The third kappa shape index (κ3) is 3.80. The Morgan fingerprint density at radius 1 is 1.60 bits per heavy atom. The second kappa shape index (κ2) is 2.06. The summed E-state index contributed by atoms with van der Waals surface area (Å²) in [6, 6.07) is 0. The summed E-state index contributed by atoms with van der Waals surface area (Å²) >= 11 is 0. The van der Waals surface area contributed by atoms with Gasteiger partial charge >= 0.3 is 0 Å². The number of carbonyl (C=O) groups excluding carboxylic acids is 1. The molecule has 0 radical (unpaired) electrons. The Balaban J connectivity index is 3.60. The molecule has 0 aromatic carbocycles. The van der Waals surface area contributed by atoms with Crippen LogP contribution in [-0.2, 0) is 4.79 Å². The SMILES string of the molecule is C[Si](C)=C=O. The summed E-state index contributed by atoms with van der Waals surface area (Å²) in [5, 5.41) is 0. The van der Waals surface area contributed by atoms with Crippen LogP contribution in [0.4, 0.5) is 0 Å². The maximum atomic E-state index is 9.42. The minimum absolute atomic E-state index is 0.680. The van der Waals surface area contributed by atoms with Gasteiger partial charge in [0.2, 0.25) is 0 Å². The first-order valence-electron chi connectivity index (χ1n) is 1.45. The van der Waals surface area contributed by atoms with Crippen molar-refractivity contribution in [2.75, 3.05) is 0 Å². The molecule has 2 heteroatoms. The van der Waals surface area contributed by atoms with Gasteiger partial charge in [0.25, 0.3) is 0 Å². The van der Waals surface area contributed by atoms with Gasteiger partial charge in [-0.3, -0.25) is 0 Å². The highest BCUT2D eigenvalue weighted by molar-refractivity contribution is 6.60. The molecule has 0 amide bonds. The average Bonchev–Trinajstić information content (AvgIpc) is 1.38. The topological polar surface area (TPSA) is 17.1 Å². The van der Waals surface area contributed by atoms with Gasteiger partial charge in [-0.15, -0.1) is 0 Å². The first-order valence-corrected chi connectivity index (χ1v) is 3.95. The Hall–Kier alpha value is -0.203. The van der Waals surface area contributed by atoms with Crippen molar-refractivity contribution in [3.05, 3.63) is 0 Å². The van der Waals surface area contributed by atoms with E-state index in [2.05, 4.69) is 0 Å². The fourth-order valence-corrected chi connectivity index (χ4v) is 0. The molecular formula is C3H6OSi. The molecule has 0 aromatic rings. The first-order chi connectivity index (χ1) is 2.27. The van der Waals surface area contributed by atoms with Gasteiger partial charge in [-0.2, -0.15) is 0 Å². The minimum atomic E-state index is -0.680. The summed E-state index contributed by atoms with van der Waals surface area (Å²) < 4.78 is 0. The van der Waals surface area contributed by atoms with Crippen LogP contribution >= 0.6 is 0 Å². The van der Waals surface area contributed by atoms with Crippen LogP contribution < -0.4 is 0 Å². The third-order valence-corrected chi connectivity index (χ3v) is 0.612. The molecule has 0 aliphatic heterocycles. The Morgan fingerprint density at radius 3 is 1.80 bits per heavy atom. The van der Waals surface area contributed by atoms with Crippen molar-refractivity contribution in [1.29, 1.82) is 0 Å². The quantitative estimate of drug-likeness (QED) is 0.390. The molecule has 0 aromatic heterocycles. The highest BCUT2D eigenvalue weighted by Crippen LogP contribution is 1.51. The molecule has 0 rings (SSSR count). The van der Waals surface area contributed by atoms with Gasteiger partial charge in [-0.25, -0.2) is 4.79 Å². The molecule has 0 N–H and O–H groups in total. The lowest BCUT2D eigenvalue weighted by Gasteiger charge is -1.58. The van der Waals surface area contributed by atoms with E-state index in [-0.39, 0.29) is 0 Å². The Morgan fingerprint density at radius 2 is 1.80 bits per heavy atom. The zero-order chi connectivity index (χ0) is 4.28. The van der Waals surface area contributed by atoms with E-state index in [1.54, 1.807) is 0 Å². The maximum absolute atomic E-state index is 9.42. The molecule has 0 saturated heterocycles. The van der Waals surface area contributed by atoms with E-state index in [1.165, 1.54) is 0 Å². The Bertz CT molecular complexity index is 67.0. The molecule has 0 atom stereocenters. The summed E-state index contributed by atoms with van der Waals surface area (Å²) in [6.45, 7) is 3.80. The van der Waals surface area contributed by atoms with E-state index < -0.39 is 8.41 Å². The number of hydrogen-bond acceptors (Lipinski definition) is 1. The van der Waals surface area contributed by atoms with Crippen molar-refractivity contribution in [3.8, 4) is 0 Å². The summed E-state index contributed by atoms with van der Waals surface area (Å²) in [6.07, 6.45) is 0. The summed E-state index contributed by atoms with van der Waals surface area (Å²) in [4.78, 5) is 9.42. The third-order valence-electron chi connectivity index (χ3n) is 0.204. The van der Waals surface area contributed by atoms with Crippen molar-refractivity contribution >= 4 is 13.9 Å². The van der Waals surface area contributed by atoms with Crippen molar-refractivity contribution in [2.24, 2.45) is 0 Å². The zero-order valence-electron chi connectivity index (χ0n) is 3.41. The van der Waals surface area contributed by atoms with Gasteiger partial charge in [0.1, 0.15) is 8.41 Å². The molecule has 28 valence electrons. The van der Waals surface area contributed by atoms with Gasteiger partial charge in [0, 0.05) is 0 Å². The van der Waals surface area contributed by atoms with Crippen LogP contribution in [0.15, 0.2) is 0 Å². The van der Waals surface area contributed by atoms with Crippen molar-refractivity contribution in [3.63, 3.8) is 0 Å². The molecule has 1 nitrogen and oxygen atoms in total. The summed E-state index contributed by atoms with van der Waals surface area (Å²) in [5.41, 5.74) is 1.88. The summed E-state index contributed by atoms with van der Waals surface area (Å²) in [5.74, 6) is 0. The lowest BCUT2D eigenvalue weighted by Crippen LogP contribution is -1.79. The highest BCUT2D eigenvalue weighted by atomic mass is 28.2. The Kier molecular flexibility index (Phi) is 1.98. The van der Waals surface area contributed by atoms with E-state index >= 15 is 0 Å². The van der Waals surface area contributed by atoms with Crippen LogP contribution in [0.2, 0.25) is 13.1 Å². The number of rotatable bonds is 0. The second-order valence-electron chi connectivity index (χ2n) is 1.10.